The monoisotopic (exact) mass is 327 g/mol. The highest BCUT2D eigenvalue weighted by Crippen LogP contribution is 2.16. The molecule has 2 heterocycles. The number of rotatable bonds is 6. The van der Waals surface area contributed by atoms with E-state index in [0.29, 0.717) is 43.0 Å². The Morgan fingerprint density at radius 2 is 1.91 bits per heavy atom. The number of nitrogen functional groups attached to an aromatic ring is 1. The lowest BCUT2D eigenvalue weighted by molar-refractivity contribution is 0.483. The Morgan fingerprint density at radius 3 is 2.45 bits per heavy atom. The third-order valence-electron chi connectivity index (χ3n) is 3.44. The van der Waals surface area contributed by atoms with Crippen LogP contribution in [-0.2, 0) is 19.6 Å². The van der Waals surface area contributed by atoms with Crippen LogP contribution in [0, 0.1) is 5.92 Å². The van der Waals surface area contributed by atoms with Gasteiger partial charge in [-0.25, -0.2) is 9.48 Å². The van der Waals surface area contributed by atoms with E-state index in [2.05, 4.69) is 5.10 Å². The van der Waals surface area contributed by atoms with Crippen LogP contribution >= 0.6 is 11.6 Å². The van der Waals surface area contributed by atoms with E-state index < -0.39 is 0 Å². The van der Waals surface area contributed by atoms with Gasteiger partial charge in [0.25, 0.3) is 5.56 Å². The second-order valence-electron chi connectivity index (χ2n) is 5.74. The van der Waals surface area contributed by atoms with Gasteiger partial charge in [-0.1, -0.05) is 20.8 Å². The number of fused-ring (bicyclic) bond motifs is 1. The normalized spacial score (nSPS) is 11.7. The number of nitrogens with zero attached hydrogens (tertiary/aromatic N) is 4. The highest BCUT2D eigenvalue weighted by molar-refractivity contribution is 6.17. The van der Waals surface area contributed by atoms with Crippen molar-refractivity contribution < 1.29 is 0 Å². The number of hydrogen-bond acceptors (Lipinski definition) is 4. The van der Waals surface area contributed by atoms with E-state index in [1.165, 1.54) is 13.8 Å². The Balaban J connectivity index is 2.87. The Bertz CT molecular complexity index is 787. The molecule has 122 valence electrons. The fourth-order valence-electron chi connectivity index (χ4n) is 2.52. The smallest absolute Gasteiger partial charge is 0.332 e. The van der Waals surface area contributed by atoms with E-state index in [1.54, 1.807) is 0 Å². The topological polar surface area (TPSA) is 87.8 Å². The molecule has 0 spiro atoms. The van der Waals surface area contributed by atoms with Gasteiger partial charge in [0.05, 0.1) is 6.54 Å². The van der Waals surface area contributed by atoms with Crippen molar-refractivity contribution in [1.82, 2.24) is 18.9 Å². The van der Waals surface area contributed by atoms with Gasteiger partial charge in [0, 0.05) is 19.0 Å². The highest BCUT2D eigenvalue weighted by Gasteiger charge is 2.20. The molecule has 0 aromatic carbocycles. The zero-order chi connectivity index (χ0) is 16.4. The molecule has 0 atom stereocenters. The number of aromatic nitrogens is 4. The van der Waals surface area contributed by atoms with Gasteiger partial charge in [0.2, 0.25) is 0 Å². The summed E-state index contributed by atoms with van der Waals surface area (Å²) in [6, 6.07) is 0. The highest BCUT2D eigenvalue weighted by atomic mass is 35.5. The fraction of sp³-hybridized carbons (Fsp3) is 0.643. The minimum Gasteiger partial charge on any atom is -0.383 e. The lowest BCUT2D eigenvalue weighted by atomic mass is 10.2. The minimum atomic E-state index is -0.375. The largest absolute Gasteiger partial charge is 0.383 e. The molecule has 0 unspecified atom stereocenters. The molecule has 0 fully saturated rings. The summed E-state index contributed by atoms with van der Waals surface area (Å²) in [7, 11) is 0. The molecule has 7 nitrogen and oxygen atoms in total. The lowest BCUT2D eigenvalue weighted by Gasteiger charge is -2.12. The van der Waals surface area contributed by atoms with E-state index in [1.807, 2.05) is 20.8 Å². The number of alkyl halides is 1. The lowest BCUT2D eigenvalue weighted by Crippen LogP contribution is -2.40. The van der Waals surface area contributed by atoms with Crippen molar-refractivity contribution in [2.75, 3.05) is 11.6 Å². The van der Waals surface area contributed by atoms with Crippen LogP contribution in [0.15, 0.2) is 9.59 Å². The molecule has 22 heavy (non-hydrogen) atoms. The van der Waals surface area contributed by atoms with Gasteiger partial charge >= 0.3 is 5.69 Å². The van der Waals surface area contributed by atoms with Crippen molar-refractivity contribution >= 4 is 28.5 Å². The Hall–Kier alpha value is -1.76. The molecule has 0 aliphatic heterocycles. The first-order chi connectivity index (χ1) is 10.4. The molecule has 0 radical (unpaired) electrons. The van der Waals surface area contributed by atoms with Crippen molar-refractivity contribution in [2.24, 2.45) is 5.92 Å². The molecule has 2 N–H and O–H groups in total. The predicted octanol–water partition coefficient (Wildman–Crippen LogP) is 1.25. The average Bonchev–Trinajstić information content (AvgIpc) is 2.77. The fourth-order valence-corrected chi connectivity index (χ4v) is 2.68. The van der Waals surface area contributed by atoms with E-state index in [-0.39, 0.29) is 23.0 Å². The number of halogens is 1. The van der Waals surface area contributed by atoms with Crippen LogP contribution in [0.1, 0.15) is 27.2 Å². The first-order valence-electron chi connectivity index (χ1n) is 7.47. The van der Waals surface area contributed by atoms with Crippen molar-refractivity contribution in [2.45, 2.75) is 46.8 Å². The van der Waals surface area contributed by atoms with Crippen molar-refractivity contribution in [3.05, 3.63) is 20.8 Å². The van der Waals surface area contributed by atoms with Gasteiger partial charge in [-0.3, -0.25) is 13.9 Å². The molecule has 2 aromatic heterocycles. The Morgan fingerprint density at radius 1 is 1.23 bits per heavy atom. The molecule has 0 saturated heterocycles. The standard InChI is InChI=1S/C14H22ClN5O2/c1-4-6-18-13(21)10-11(16)20(7-5-15)17-12(10)19(14(18)22)8-9(2)3/h9H,4-8,16H2,1-3H3. The van der Waals surface area contributed by atoms with Crippen LogP contribution in [0.2, 0.25) is 0 Å². The SMILES string of the molecule is CCCn1c(=O)c2c(N)n(CCCl)nc2n(CC(C)C)c1=O. The minimum absolute atomic E-state index is 0.243. The van der Waals surface area contributed by atoms with Crippen molar-refractivity contribution in [3.63, 3.8) is 0 Å². The average molecular weight is 328 g/mol. The van der Waals surface area contributed by atoms with E-state index in [4.69, 9.17) is 17.3 Å². The predicted molar refractivity (Wildman–Crippen MR) is 88.5 cm³/mol. The second kappa shape index (κ2) is 6.56. The third-order valence-corrected chi connectivity index (χ3v) is 3.61. The van der Waals surface area contributed by atoms with Crippen molar-refractivity contribution in [3.8, 4) is 0 Å². The summed E-state index contributed by atoms with van der Waals surface area (Å²) >= 11 is 5.74. The number of aryl methyl sites for hydroxylation is 1. The van der Waals surface area contributed by atoms with Crippen LogP contribution in [0.4, 0.5) is 5.82 Å². The Kier molecular flexibility index (Phi) is 4.95. The molecule has 0 aliphatic carbocycles. The summed E-state index contributed by atoms with van der Waals surface area (Å²) in [6.45, 7) is 7.18. The quantitative estimate of drug-likeness (QED) is 0.809. The molecule has 2 rings (SSSR count). The van der Waals surface area contributed by atoms with Crippen LogP contribution < -0.4 is 17.0 Å². The summed E-state index contributed by atoms with van der Waals surface area (Å²) in [5, 5.41) is 4.64. The molecule has 8 heteroatoms. The summed E-state index contributed by atoms with van der Waals surface area (Å²) in [6.07, 6.45) is 0.693. The van der Waals surface area contributed by atoms with Gasteiger partial charge in [-0.2, -0.15) is 5.10 Å². The maximum absolute atomic E-state index is 12.6. The van der Waals surface area contributed by atoms with Gasteiger partial charge in [-0.15, -0.1) is 11.6 Å². The van der Waals surface area contributed by atoms with Gasteiger partial charge in [0.15, 0.2) is 5.65 Å². The molecular weight excluding hydrogens is 306 g/mol. The summed E-state index contributed by atoms with van der Waals surface area (Å²) in [5.41, 5.74) is 5.69. The molecule has 0 amide bonds. The molecule has 2 aromatic rings. The third kappa shape index (κ3) is 2.77. The van der Waals surface area contributed by atoms with Crippen LogP contribution in [0.3, 0.4) is 0 Å². The number of hydrogen-bond donors (Lipinski definition) is 1. The Labute approximate surface area is 133 Å². The first kappa shape index (κ1) is 16.6. The van der Waals surface area contributed by atoms with Crippen LogP contribution in [0.5, 0.6) is 0 Å². The van der Waals surface area contributed by atoms with E-state index >= 15 is 0 Å². The maximum atomic E-state index is 12.6. The zero-order valence-corrected chi connectivity index (χ0v) is 13.9. The van der Waals surface area contributed by atoms with E-state index in [9.17, 15) is 9.59 Å². The number of anilines is 1. The molecule has 0 bridgehead atoms. The van der Waals surface area contributed by atoms with Crippen LogP contribution in [-0.4, -0.2) is 24.8 Å². The zero-order valence-electron chi connectivity index (χ0n) is 13.2. The maximum Gasteiger partial charge on any atom is 0.332 e. The first-order valence-corrected chi connectivity index (χ1v) is 8.01. The molecule has 0 saturated carbocycles. The van der Waals surface area contributed by atoms with E-state index in [0.717, 1.165) is 0 Å². The summed E-state index contributed by atoms with van der Waals surface area (Å²) < 4.78 is 4.28. The molecular formula is C14H22ClN5O2. The van der Waals surface area contributed by atoms with Gasteiger partial charge in [-0.05, 0) is 12.3 Å². The van der Waals surface area contributed by atoms with Gasteiger partial charge < -0.3 is 5.73 Å². The van der Waals surface area contributed by atoms with Gasteiger partial charge in [0.1, 0.15) is 11.2 Å². The summed E-state index contributed by atoms with van der Waals surface area (Å²) in [5.74, 6) is 0.839. The second-order valence-corrected chi connectivity index (χ2v) is 6.12. The summed E-state index contributed by atoms with van der Waals surface area (Å²) in [4.78, 5) is 25.2. The molecule has 0 aliphatic rings. The van der Waals surface area contributed by atoms with Crippen LogP contribution in [0.25, 0.3) is 11.0 Å². The number of nitrogens with two attached hydrogens (primary N) is 1. The van der Waals surface area contributed by atoms with Crippen molar-refractivity contribution in [1.29, 1.82) is 0 Å².